The summed E-state index contributed by atoms with van der Waals surface area (Å²) in [4.78, 5) is 8.10. The third-order valence-electron chi connectivity index (χ3n) is 3.05. The molecule has 0 fully saturated rings. The molecule has 0 saturated heterocycles. The van der Waals surface area contributed by atoms with Crippen LogP contribution in [0.2, 0.25) is 10.0 Å². The first-order valence-electron chi connectivity index (χ1n) is 6.79. The van der Waals surface area contributed by atoms with E-state index in [4.69, 9.17) is 23.2 Å². The van der Waals surface area contributed by atoms with Gasteiger partial charge in [0.05, 0.1) is 10.7 Å². The topological polar surface area (TPSA) is 49.8 Å². The molecule has 0 spiro atoms. The van der Waals surface area contributed by atoms with Crippen molar-refractivity contribution >= 4 is 46.3 Å². The van der Waals surface area contributed by atoms with Gasteiger partial charge in [-0.2, -0.15) is 4.98 Å². The van der Waals surface area contributed by atoms with Crippen molar-refractivity contribution in [2.75, 3.05) is 10.6 Å². The highest BCUT2D eigenvalue weighted by Crippen LogP contribution is 2.28. The van der Waals surface area contributed by atoms with E-state index < -0.39 is 11.6 Å². The fourth-order valence-electron chi connectivity index (χ4n) is 1.95. The molecule has 0 saturated carbocycles. The van der Waals surface area contributed by atoms with Crippen LogP contribution in [-0.4, -0.2) is 9.97 Å². The van der Waals surface area contributed by atoms with Crippen molar-refractivity contribution in [1.82, 2.24) is 9.97 Å². The van der Waals surface area contributed by atoms with Crippen LogP contribution in [0, 0.1) is 11.6 Å². The van der Waals surface area contributed by atoms with Gasteiger partial charge in [0.1, 0.15) is 23.1 Å². The molecule has 0 aliphatic rings. The fourth-order valence-corrected chi connectivity index (χ4v) is 2.40. The van der Waals surface area contributed by atoms with Gasteiger partial charge in [-0.3, -0.25) is 0 Å². The van der Waals surface area contributed by atoms with E-state index in [0.29, 0.717) is 21.6 Å². The van der Waals surface area contributed by atoms with E-state index in [1.165, 1.54) is 12.3 Å². The van der Waals surface area contributed by atoms with Crippen molar-refractivity contribution in [2.45, 2.75) is 0 Å². The largest absolute Gasteiger partial charge is 0.339 e. The molecule has 0 aliphatic carbocycles. The number of nitrogens with one attached hydrogen (secondary N) is 2. The lowest BCUT2D eigenvalue weighted by atomic mass is 10.3. The smallest absolute Gasteiger partial charge is 0.229 e. The molecule has 8 heteroatoms. The van der Waals surface area contributed by atoms with Gasteiger partial charge in [-0.1, -0.05) is 29.3 Å². The van der Waals surface area contributed by atoms with Crippen molar-refractivity contribution < 1.29 is 8.78 Å². The molecule has 1 heterocycles. The Morgan fingerprint density at radius 3 is 2.38 bits per heavy atom. The minimum Gasteiger partial charge on any atom is -0.339 e. The van der Waals surface area contributed by atoms with Gasteiger partial charge < -0.3 is 10.6 Å². The van der Waals surface area contributed by atoms with E-state index in [1.54, 1.807) is 24.3 Å². The molecule has 3 rings (SSSR count). The zero-order valence-corrected chi connectivity index (χ0v) is 13.5. The van der Waals surface area contributed by atoms with Crippen LogP contribution in [0.5, 0.6) is 0 Å². The van der Waals surface area contributed by atoms with Crippen LogP contribution in [-0.2, 0) is 0 Å². The molecule has 24 heavy (non-hydrogen) atoms. The van der Waals surface area contributed by atoms with Crippen LogP contribution in [0.15, 0.2) is 48.7 Å². The lowest BCUT2D eigenvalue weighted by Crippen LogP contribution is -2.03. The molecule has 3 aromatic rings. The molecule has 4 nitrogen and oxygen atoms in total. The summed E-state index contributed by atoms with van der Waals surface area (Å²) in [6, 6.07) is 10.1. The highest BCUT2D eigenvalue weighted by atomic mass is 35.5. The van der Waals surface area contributed by atoms with E-state index in [-0.39, 0.29) is 11.6 Å². The Labute approximate surface area is 146 Å². The number of anilines is 4. The highest BCUT2D eigenvalue weighted by molar-refractivity contribution is 6.36. The van der Waals surface area contributed by atoms with Gasteiger partial charge >= 0.3 is 0 Å². The van der Waals surface area contributed by atoms with Gasteiger partial charge in [0.15, 0.2) is 0 Å². The molecule has 2 N–H and O–H groups in total. The summed E-state index contributed by atoms with van der Waals surface area (Å²) in [6.07, 6.45) is 1.44. The van der Waals surface area contributed by atoms with Crippen LogP contribution >= 0.6 is 23.2 Å². The molecular weight excluding hydrogens is 357 g/mol. The summed E-state index contributed by atoms with van der Waals surface area (Å²) in [5, 5.41) is 6.43. The molecule has 2 aromatic carbocycles. The van der Waals surface area contributed by atoms with Gasteiger partial charge in [0.25, 0.3) is 0 Å². The van der Waals surface area contributed by atoms with Crippen LogP contribution in [0.1, 0.15) is 0 Å². The van der Waals surface area contributed by atoms with Crippen molar-refractivity contribution in [3.8, 4) is 0 Å². The van der Waals surface area contributed by atoms with Crippen molar-refractivity contribution in [3.63, 3.8) is 0 Å². The second-order valence-electron chi connectivity index (χ2n) is 4.74. The lowest BCUT2D eigenvalue weighted by molar-refractivity contribution is 0.590. The van der Waals surface area contributed by atoms with E-state index in [0.717, 1.165) is 12.1 Å². The average molecular weight is 367 g/mol. The molecule has 0 atom stereocenters. The third-order valence-corrected chi connectivity index (χ3v) is 3.60. The van der Waals surface area contributed by atoms with Gasteiger partial charge in [-0.05, 0) is 36.4 Å². The fraction of sp³-hybridized carbons (Fsp3) is 0. The second kappa shape index (κ2) is 6.98. The lowest BCUT2D eigenvalue weighted by Gasteiger charge is -2.10. The third kappa shape index (κ3) is 3.72. The van der Waals surface area contributed by atoms with Crippen LogP contribution in [0.4, 0.5) is 31.9 Å². The number of rotatable bonds is 4. The van der Waals surface area contributed by atoms with Gasteiger partial charge in [-0.15, -0.1) is 0 Å². The maximum absolute atomic E-state index is 13.7. The Morgan fingerprint density at radius 1 is 0.917 bits per heavy atom. The van der Waals surface area contributed by atoms with Crippen molar-refractivity contribution in [1.29, 1.82) is 0 Å². The Morgan fingerprint density at radius 2 is 1.67 bits per heavy atom. The summed E-state index contributed by atoms with van der Waals surface area (Å²) in [6.45, 7) is 0. The van der Waals surface area contributed by atoms with Crippen LogP contribution < -0.4 is 10.6 Å². The first kappa shape index (κ1) is 16.4. The van der Waals surface area contributed by atoms with Crippen LogP contribution in [0.25, 0.3) is 0 Å². The number of halogens is 4. The van der Waals surface area contributed by atoms with Crippen LogP contribution in [0.3, 0.4) is 0 Å². The standard InChI is InChI=1S/C16H10Cl2F2N4/c17-9-4-5-13(10(18)8-9)22-14-6-7-21-16(23-14)24-15-11(19)2-1-3-12(15)20/h1-8H,(H2,21,22,23,24). The molecule has 0 radical (unpaired) electrons. The van der Waals surface area contributed by atoms with Gasteiger partial charge in [0, 0.05) is 11.2 Å². The minimum atomic E-state index is -0.738. The number of hydrogen-bond acceptors (Lipinski definition) is 4. The Kier molecular flexibility index (Phi) is 4.78. The first-order valence-corrected chi connectivity index (χ1v) is 7.54. The molecular formula is C16H10Cl2F2N4. The number of nitrogens with zero attached hydrogens (tertiary/aromatic N) is 2. The zero-order chi connectivity index (χ0) is 17.1. The maximum atomic E-state index is 13.7. The summed E-state index contributed by atoms with van der Waals surface area (Å²) in [7, 11) is 0. The van der Waals surface area contributed by atoms with E-state index >= 15 is 0 Å². The Bertz CT molecular complexity index is 869. The number of aromatic nitrogens is 2. The molecule has 122 valence electrons. The summed E-state index contributed by atoms with van der Waals surface area (Å²) in [5.41, 5.74) is 0.266. The molecule has 0 unspecified atom stereocenters. The molecule has 0 amide bonds. The Hall–Kier alpha value is -2.44. The molecule has 1 aromatic heterocycles. The molecule has 0 bridgehead atoms. The quantitative estimate of drug-likeness (QED) is 0.635. The number of para-hydroxylation sites is 1. The zero-order valence-electron chi connectivity index (χ0n) is 12.0. The second-order valence-corrected chi connectivity index (χ2v) is 5.58. The van der Waals surface area contributed by atoms with E-state index in [9.17, 15) is 8.78 Å². The summed E-state index contributed by atoms with van der Waals surface area (Å²) < 4.78 is 27.3. The molecule has 0 aliphatic heterocycles. The van der Waals surface area contributed by atoms with Crippen molar-refractivity contribution in [2.24, 2.45) is 0 Å². The predicted octanol–water partition coefficient (Wildman–Crippen LogP) is 5.55. The Balaban J connectivity index is 1.84. The monoisotopic (exact) mass is 366 g/mol. The summed E-state index contributed by atoms with van der Waals surface area (Å²) in [5.74, 6) is -1.04. The van der Waals surface area contributed by atoms with Gasteiger partial charge in [-0.25, -0.2) is 13.8 Å². The van der Waals surface area contributed by atoms with E-state index in [2.05, 4.69) is 20.6 Å². The number of benzene rings is 2. The van der Waals surface area contributed by atoms with Gasteiger partial charge in [0.2, 0.25) is 5.95 Å². The highest BCUT2D eigenvalue weighted by Gasteiger charge is 2.10. The first-order chi connectivity index (χ1) is 11.5. The SMILES string of the molecule is Fc1cccc(F)c1Nc1nccc(Nc2ccc(Cl)cc2Cl)n1. The minimum absolute atomic E-state index is 0.0362. The normalized spacial score (nSPS) is 10.5. The predicted molar refractivity (Wildman–Crippen MR) is 91.4 cm³/mol. The number of hydrogen-bond donors (Lipinski definition) is 2. The summed E-state index contributed by atoms with van der Waals surface area (Å²) >= 11 is 11.9. The average Bonchev–Trinajstić information content (AvgIpc) is 2.54. The van der Waals surface area contributed by atoms with E-state index in [1.807, 2.05) is 0 Å². The maximum Gasteiger partial charge on any atom is 0.229 e. The van der Waals surface area contributed by atoms with Crippen molar-refractivity contribution in [3.05, 3.63) is 70.3 Å².